The van der Waals surface area contributed by atoms with Crippen LogP contribution in [0.4, 0.5) is 8.78 Å². The van der Waals surface area contributed by atoms with E-state index in [1.165, 1.54) is 36.4 Å². The average Bonchev–Trinajstić information content (AvgIpc) is 2.29. The second-order valence-electron chi connectivity index (χ2n) is 3.71. The van der Waals surface area contributed by atoms with Crippen LogP contribution in [0.25, 0.3) is 0 Å². The highest BCUT2D eigenvalue weighted by Gasteiger charge is 2.11. The van der Waals surface area contributed by atoms with Crippen molar-refractivity contribution in [2.24, 2.45) is 0 Å². The summed E-state index contributed by atoms with van der Waals surface area (Å²) in [6.45, 7) is 0. The molecule has 3 heteroatoms. The lowest BCUT2D eigenvalue weighted by molar-refractivity contribution is 0.0989. The fraction of sp³-hybridized carbons (Fsp3) is 0.0714. The van der Waals surface area contributed by atoms with Gasteiger partial charge in [-0.05, 0) is 29.8 Å². The Labute approximate surface area is 97.7 Å². The molecule has 0 saturated carbocycles. The molecule has 0 N–H and O–H groups in total. The SMILES string of the molecule is O=C(Cc1cccc(F)c1)c1ccccc1F. The lowest BCUT2D eigenvalue weighted by Crippen LogP contribution is -2.06. The van der Waals surface area contributed by atoms with E-state index >= 15 is 0 Å². The molecule has 0 aliphatic rings. The number of hydrogen-bond acceptors (Lipinski definition) is 1. The van der Waals surface area contributed by atoms with Crippen LogP contribution in [0.5, 0.6) is 0 Å². The van der Waals surface area contributed by atoms with Gasteiger partial charge in [0, 0.05) is 6.42 Å². The predicted molar refractivity (Wildman–Crippen MR) is 60.8 cm³/mol. The average molecular weight is 232 g/mol. The summed E-state index contributed by atoms with van der Waals surface area (Å²) < 4.78 is 26.2. The summed E-state index contributed by atoms with van der Waals surface area (Å²) in [5.74, 6) is -1.30. The van der Waals surface area contributed by atoms with E-state index in [1.807, 2.05) is 0 Å². The quantitative estimate of drug-likeness (QED) is 0.741. The van der Waals surface area contributed by atoms with Crippen molar-refractivity contribution in [3.63, 3.8) is 0 Å². The van der Waals surface area contributed by atoms with Gasteiger partial charge in [-0.3, -0.25) is 4.79 Å². The third-order valence-electron chi connectivity index (χ3n) is 2.43. The highest BCUT2D eigenvalue weighted by atomic mass is 19.1. The normalized spacial score (nSPS) is 10.2. The molecule has 0 bridgehead atoms. The fourth-order valence-corrected chi connectivity index (χ4v) is 1.61. The zero-order chi connectivity index (χ0) is 12.3. The molecule has 0 heterocycles. The number of hydrogen-bond donors (Lipinski definition) is 0. The minimum absolute atomic E-state index is 0.00130. The molecule has 0 atom stereocenters. The number of ketones is 1. The lowest BCUT2D eigenvalue weighted by Gasteiger charge is -2.02. The molecule has 0 aliphatic heterocycles. The van der Waals surface area contributed by atoms with E-state index in [2.05, 4.69) is 0 Å². The summed E-state index contributed by atoms with van der Waals surface area (Å²) >= 11 is 0. The number of carbonyl (C=O) groups is 1. The number of carbonyl (C=O) groups excluding carboxylic acids is 1. The zero-order valence-electron chi connectivity index (χ0n) is 8.99. The van der Waals surface area contributed by atoms with Gasteiger partial charge in [0.15, 0.2) is 5.78 Å². The van der Waals surface area contributed by atoms with Crippen molar-refractivity contribution < 1.29 is 13.6 Å². The Morgan fingerprint density at radius 3 is 2.47 bits per heavy atom. The lowest BCUT2D eigenvalue weighted by atomic mass is 10.0. The van der Waals surface area contributed by atoms with E-state index in [4.69, 9.17) is 0 Å². The summed E-state index contributed by atoms with van der Waals surface area (Å²) in [5, 5.41) is 0. The molecule has 2 aromatic rings. The van der Waals surface area contributed by atoms with Crippen LogP contribution in [-0.2, 0) is 6.42 Å². The van der Waals surface area contributed by atoms with Gasteiger partial charge in [-0.15, -0.1) is 0 Å². The largest absolute Gasteiger partial charge is 0.294 e. The van der Waals surface area contributed by atoms with Gasteiger partial charge in [-0.2, -0.15) is 0 Å². The van der Waals surface area contributed by atoms with Crippen molar-refractivity contribution in [1.29, 1.82) is 0 Å². The first-order chi connectivity index (χ1) is 8.16. The molecule has 0 spiro atoms. The van der Waals surface area contributed by atoms with Gasteiger partial charge in [0.25, 0.3) is 0 Å². The van der Waals surface area contributed by atoms with E-state index in [-0.39, 0.29) is 17.8 Å². The summed E-state index contributed by atoms with van der Waals surface area (Å²) in [4.78, 5) is 11.8. The first-order valence-electron chi connectivity index (χ1n) is 5.19. The Hall–Kier alpha value is -2.03. The molecule has 0 aliphatic carbocycles. The van der Waals surface area contributed by atoms with Gasteiger partial charge < -0.3 is 0 Å². The molecular formula is C14H10F2O. The third-order valence-corrected chi connectivity index (χ3v) is 2.43. The zero-order valence-corrected chi connectivity index (χ0v) is 8.99. The molecule has 17 heavy (non-hydrogen) atoms. The van der Waals surface area contributed by atoms with Crippen LogP contribution >= 0.6 is 0 Å². The minimum Gasteiger partial charge on any atom is -0.294 e. The number of rotatable bonds is 3. The first kappa shape index (κ1) is 11.5. The standard InChI is InChI=1S/C14H10F2O/c15-11-5-3-4-10(8-11)9-14(17)12-6-1-2-7-13(12)16/h1-8H,9H2. The highest BCUT2D eigenvalue weighted by Crippen LogP contribution is 2.12. The molecule has 0 aromatic heterocycles. The molecule has 2 aromatic carbocycles. The van der Waals surface area contributed by atoms with Crippen molar-refractivity contribution in [3.05, 3.63) is 71.3 Å². The summed E-state index contributed by atoms with van der Waals surface area (Å²) in [5.41, 5.74) is 0.579. The Morgan fingerprint density at radius 1 is 1.00 bits per heavy atom. The van der Waals surface area contributed by atoms with Crippen molar-refractivity contribution in [2.75, 3.05) is 0 Å². The van der Waals surface area contributed by atoms with Crippen LogP contribution in [0, 0.1) is 11.6 Å². The van der Waals surface area contributed by atoms with E-state index < -0.39 is 11.6 Å². The predicted octanol–water partition coefficient (Wildman–Crippen LogP) is 3.39. The van der Waals surface area contributed by atoms with Crippen LogP contribution in [-0.4, -0.2) is 5.78 Å². The minimum atomic E-state index is -0.547. The number of benzene rings is 2. The molecule has 0 amide bonds. The van der Waals surface area contributed by atoms with Gasteiger partial charge in [0.05, 0.1) is 5.56 Å². The molecule has 0 radical (unpaired) electrons. The highest BCUT2D eigenvalue weighted by molar-refractivity contribution is 5.97. The second kappa shape index (κ2) is 4.87. The van der Waals surface area contributed by atoms with Gasteiger partial charge in [-0.25, -0.2) is 8.78 Å². The molecular weight excluding hydrogens is 222 g/mol. The van der Waals surface area contributed by atoms with Crippen molar-refractivity contribution in [3.8, 4) is 0 Å². The molecule has 0 fully saturated rings. The molecule has 0 unspecified atom stereocenters. The second-order valence-corrected chi connectivity index (χ2v) is 3.71. The van der Waals surface area contributed by atoms with Crippen LogP contribution in [0.3, 0.4) is 0 Å². The number of Topliss-reactive ketones (excluding diaryl/α,β-unsaturated/α-hetero) is 1. The molecule has 2 rings (SSSR count). The van der Waals surface area contributed by atoms with Gasteiger partial charge in [-0.1, -0.05) is 24.3 Å². The maximum atomic E-state index is 13.3. The van der Waals surface area contributed by atoms with Gasteiger partial charge >= 0.3 is 0 Å². The maximum Gasteiger partial charge on any atom is 0.170 e. The van der Waals surface area contributed by atoms with Gasteiger partial charge in [0.2, 0.25) is 0 Å². The Morgan fingerprint density at radius 2 is 1.76 bits per heavy atom. The molecule has 1 nitrogen and oxygen atoms in total. The molecule has 0 saturated heterocycles. The van der Waals surface area contributed by atoms with E-state index in [0.717, 1.165) is 0 Å². The molecule has 86 valence electrons. The van der Waals surface area contributed by atoms with Gasteiger partial charge in [0.1, 0.15) is 11.6 Å². The Kier molecular flexibility index (Phi) is 3.28. The summed E-state index contributed by atoms with van der Waals surface area (Å²) in [6, 6.07) is 11.5. The Bertz CT molecular complexity index is 549. The van der Waals surface area contributed by atoms with Crippen LogP contribution in [0.2, 0.25) is 0 Å². The van der Waals surface area contributed by atoms with Crippen LogP contribution in [0.15, 0.2) is 48.5 Å². The van der Waals surface area contributed by atoms with Crippen molar-refractivity contribution in [2.45, 2.75) is 6.42 Å². The first-order valence-corrected chi connectivity index (χ1v) is 5.19. The topological polar surface area (TPSA) is 17.1 Å². The monoisotopic (exact) mass is 232 g/mol. The maximum absolute atomic E-state index is 13.3. The van der Waals surface area contributed by atoms with Crippen LogP contribution in [0.1, 0.15) is 15.9 Å². The van der Waals surface area contributed by atoms with E-state index in [9.17, 15) is 13.6 Å². The summed E-state index contributed by atoms with van der Waals surface area (Å²) in [6.07, 6.45) is -0.00130. The number of halogens is 2. The van der Waals surface area contributed by atoms with Crippen molar-refractivity contribution >= 4 is 5.78 Å². The van der Waals surface area contributed by atoms with E-state index in [1.54, 1.807) is 12.1 Å². The van der Waals surface area contributed by atoms with Crippen molar-refractivity contribution in [1.82, 2.24) is 0 Å². The van der Waals surface area contributed by atoms with Crippen LogP contribution < -0.4 is 0 Å². The van der Waals surface area contributed by atoms with E-state index in [0.29, 0.717) is 5.56 Å². The smallest absolute Gasteiger partial charge is 0.170 e. The Balaban J connectivity index is 2.20. The third kappa shape index (κ3) is 2.75. The summed E-state index contributed by atoms with van der Waals surface area (Å²) in [7, 11) is 0. The fourth-order valence-electron chi connectivity index (χ4n) is 1.61.